The Balaban J connectivity index is 2.35. The van der Waals surface area contributed by atoms with Crippen LogP contribution in [-0.2, 0) is 32.7 Å². The third kappa shape index (κ3) is 34.7. The lowest BCUT2D eigenvalue weighted by molar-refractivity contribution is -0.220. The van der Waals surface area contributed by atoms with Gasteiger partial charge < -0.3 is 39.9 Å². The van der Waals surface area contributed by atoms with Gasteiger partial charge in [-0.15, -0.1) is 0 Å². The van der Waals surface area contributed by atoms with Crippen molar-refractivity contribution < 1.29 is 63.1 Å². The smallest absolute Gasteiger partial charge is 0.462 e. The van der Waals surface area contributed by atoms with Crippen molar-refractivity contribution in [3.8, 4) is 0 Å². The third-order valence-corrected chi connectivity index (χ3v) is 13.3. The number of ether oxygens (including phenoxy) is 2. The molecular weight excluding hydrogens is 876 g/mol. The van der Waals surface area contributed by atoms with Gasteiger partial charge in [0.1, 0.15) is 43.2 Å². The number of esters is 2. The molecule has 390 valence electrons. The van der Waals surface area contributed by atoms with E-state index in [4.69, 9.17) is 18.5 Å². The maximum Gasteiger partial charge on any atom is 0.472 e. The molecule has 6 unspecified atom stereocenters. The molecule has 0 spiro atoms. The minimum atomic E-state index is -5.13. The summed E-state index contributed by atoms with van der Waals surface area (Å²) in [5, 5.41) is 50.3. The van der Waals surface area contributed by atoms with E-state index in [-0.39, 0.29) is 12.8 Å². The van der Waals surface area contributed by atoms with Gasteiger partial charge in [-0.3, -0.25) is 18.6 Å². The molecule has 0 heterocycles. The van der Waals surface area contributed by atoms with Crippen LogP contribution in [0.2, 0.25) is 0 Å². The Morgan fingerprint density at radius 3 is 1.30 bits per heavy atom. The lowest BCUT2D eigenvalue weighted by atomic mass is 9.85. The molecule has 8 atom stereocenters. The normalized spacial score (nSPS) is 21.5. The first-order valence-corrected chi connectivity index (χ1v) is 28.0. The molecule has 0 aromatic rings. The van der Waals surface area contributed by atoms with Crippen molar-refractivity contribution in [2.75, 3.05) is 13.2 Å². The fourth-order valence-corrected chi connectivity index (χ4v) is 9.04. The van der Waals surface area contributed by atoms with Crippen molar-refractivity contribution in [3.63, 3.8) is 0 Å². The first kappa shape index (κ1) is 62.8. The lowest BCUT2D eigenvalue weighted by Gasteiger charge is -2.41. The van der Waals surface area contributed by atoms with E-state index in [1.807, 2.05) is 36.5 Å². The van der Waals surface area contributed by atoms with Gasteiger partial charge in [0.25, 0.3) is 0 Å². The molecule has 0 radical (unpaired) electrons. The average Bonchev–Trinajstić information content (AvgIpc) is 3.31. The SMILES string of the molecule is CC/C=C/C=C/C=C/C=C/CCCCCCCC(=O)O[C@@H](COC(=O)CCCCCCCCCCCCCCCCCCCCCCCCC)COP(=O)(O)OC1C(O)C(O)C(O)[C@H](O)C1O. The van der Waals surface area contributed by atoms with E-state index in [0.29, 0.717) is 12.8 Å². The summed E-state index contributed by atoms with van der Waals surface area (Å²) < 4.78 is 33.6. The highest BCUT2D eigenvalue weighted by Crippen LogP contribution is 2.47. The number of hydrogen-bond donors (Lipinski definition) is 6. The van der Waals surface area contributed by atoms with E-state index >= 15 is 0 Å². The van der Waals surface area contributed by atoms with Crippen LogP contribution in [0, 0.1) is 0 Å². The molecule has 0 bridgehead atoms. The highest BCUT2D eigenvalue weighted by molar-refractivity contribution is 7.47. The third-order valence-electron chi connectivity index (χ3n) is 12.3. The average molecular weight is 971 g/mol. The molecular formula is C53H95O13P. The number of hydrogen-bond acceptors (Lipinski definition) is 12. The predicted octanol–water partition coefficient (Wildman–Crippen LogP) is 11.5. The molecule has 0 aromatic carbocycles. The summed E-state index contributed by atoms with van der Waals surface area (Å²) in [7, 11) is -5.13. The van der Waals surface area contributed by atoms with Crippen molar-refractivity contribution in [1.82, 2.24) is 0 Å². The summed E-state index contributed by atoms with van der Waals surface area (Å²) in [5.41, 5.74) is 0. The van der Waals surface area contributed by atoms with Gasteiger partial charge in [-0.05, 0) is 32.1 Å². The first-order chi connectivity index (χ1) is 32.4. The zero-order valence-electron chi connectivity index (χ0n) is 41.7. The van der Waals surface area contributed by atoms with Crippen LogP contribution in [0.1, 0.15) is 219 Å². The lowest BCUT2D eigenvalue weighted by Crippen LogP contribution is -2.64. The largest absolute Gasteiger partial charge is 0.472 e. The van der Waals surface area contributed by atoms with Crippen LogP contribution < -0.4 is 0 Å². The Bertz CT molecular complexity index is 1350. The molecule has 0 aliphatic heterocycles. The minimum Gasteiger partial charge on any atom is -0.462 e. The van der Waals surface area contributed by atoms with Gasteiger partial charge in [-0.2, -0.15) is 0 Å². The van der Waals surface area contributed by atoms with E-state index in [0.717, 1.165) is 57.8 Å². The van der Waals surface area contributed by atoms with E-state index in [2.05, 4.69) is 26.0 Å². The highest BCUT2D eigenvalue weighted by Gasteiger charge is 2.51. The highest BCUT2D eigenvalue weighted by atomic mass is 31.2. The van der Waals surface area contributed by atoms with Gasteiger partial charge >= 0.3 is 19.8 Å². The fourth-order valence-electron chi connectivity index (χ4n) is 8.06. The van der Waals surface area contributed by atoms with Crippen LogP contribution in [0.5, 0.6) is 0 Å². The Labute approximate surface area is 405 Å². The van der Waals surface area contributed by atoms with Crippen molar-refractivity contribution in [2.45, 2.75) is 262 Å². The zero-order chi connectivity index (χ0) is 49.2. The van der Waals surface area contributed by atoms with Gasteiger partial charge in [0.2, 0.25) is 0 Å². The molecule has 13 nitrogen and oxygen atoms in total. The van der Waals surface area contributed by atoms with E-state index in [1.54, 1.807) is 0 Å². The number of rotatable bonds is 44. The fraction of sp³-hybridized carbons (Fsp3) is 0.811. The molecule has 1 aliphatic carbocycles. The molecule has 0 aromatic heterocycles. The zero-order valence-corrected chi connectivity index (χ0v) is 42.6. The Hall–Kier alpha value is -2.19. The van der Waals surface area contributed by atoms with Gasteiger partial charge in [0.15, 0.2) is 6.10 Å². The van der Waals surface area contributed by atoms with E-state index in [1.165, 1.54) is 122 Å². The maximum absolute atomic E-state index is 12.8. The number of phosphoric ester groups is 1. The van der Waals surface area contributed by atoms with Crippen molar-refractivity contribution >= 4 is 19.8 Å². The van der Waals surface area contributed by atoms with Crippen molar-refractivity contribution in [1.29, 1.82) is 0 Å². The van der Waals surface area contributed by atoms with Crippen LogP contribution in [0.25, 0.3) is 0 Å². The number of unbranched alkanes of at least 4 members (excludes halogenated alkanes) is 27. The second kappa shape index (κ2) is 42.7. The van der Waals surface area contributed by atoms with E-state index < -0.39 is 75.7 Å². The molecule has 67 heavy (non-hydrogen) atoms. The number of aliphatic hydroxyl groups is 5. The van der Waals surface area contributed by atoms with E-state index in [9.17, 15) is 44.6 Å². The summed E-state index contributed by atoms with van der Waals surface area (Å²) >= 11 is 0. The van der Waals surface area contributed by atoms with Crippen LogP contribution >= 0.6 is 7.82 Å². The molecule has 0 saturated heterocycles. The Morgan fingerprint density at radius 2 is 0.851 bits per heavy atom. The Kier molecular flexibility index (Phi) is 40.0. The maximum atomic E-state index is 12.8. The minimum absolute atomic E-state index is 0.0709. The molecule has 14 heteroatoms. The molecule has 1 fully saturated rings. The van der Waals surface area contributed by atoms with Gasteiger partial charge in [-0.1, -0.05) is 223 Å². The molecule has 6 N–H and O–H groups in total. The summed E-state index contributed by atoms with van der Waals surface area (Å²) in [6.45, 7) is 3.17. The number of carbonyl (C=O) groups excluding carboxylic acids is 2. The Morgan fingerprint density at radius 1 is 0.478 bits per heavy atom. The quantitative estimate of drug-likeness (QED) is 0.0145. The summed E-state index contributed by atoms with van der Waals surface area (Å²) in [5.74, 6) is -1.12. The predicted molar refractivity (Wildman–Crippen MR) is 267 cm³/mol. The van der Waals surface area contributed by atoms with Crippen LogP contribution in [-0.4, -0.2) is 98.3 Å². The van der Waals surface area contributed by atoms with Crippen LogP contribution in [0.15, 0.2) is 48.6 Å². The van der Waals surface area contributed by atoms with Crippen LogP contribution in [0.4, 0.5) is 0 Å². The van der Waals surface area contributed by atoms with Crippen LogP contribution in [0.3, 0.4) is 0 Å². The molecule has 1 rings (SSSR count). The van der Waals surface area contributed by atoms with Crippen molar-refractivity contribution in [3.05, 3.63) is 48.6 Å². The summed E-state index contributed by atoms with van der Waals surface area (Å²) in [6, 6.07) is 0. The second-order valence-electron chi connectivity index (χ2n) is 18.5. The van der Waals surface area contributed by atoms with Crippen molar-refractivity contribution in [2.24, 2.45) is 0 Å². The molecule has 1 saturated carbocycles. The number of aliphatic hydroxyl groups excluding tert-OH is 5. The monoisotopic (exact) mass is 971 g/mol. The molecule has 1 aliphatic rings. The standard InChI is InChI=1S/C53H95O13P/c1-3-5-7-9-11-13-15-17-19-20-21-22-23-24-25-26-28-29-31-33-35-37-39-41-46(54)63-43-45(44-64-67(61,62)66-53-51(59)49(57)48(56)50(58)52(53)60)65-47(55)42-40-38-36-34-32-30-27-18-16-14-12-10-8-6-4-2/h6,8,10,12,14,16,18,27,45,48-53,56-60H,3-5,7,9,11,13,15,17,19-26,28-44H2,1-2H3,(H,61,62)/b8-6+,12-10+,16-14+,27-18+/t45-,48?,49-,50?,51?,52?,53?/m0/s1. The summed E-state index contributed by atoms with van der Waals surface area (Å²) in [6.07, 6.45) is 38.8. The first-order valence-electron chi connectivity index (χ1n) is 26.5. The topological polar surface area (TPSA) is 210 Å². The number of allylic oxidation sites excluding steroid dienone is 8. The number of carbonyl (C=O) groups is 2. The molecule has 0 amide bonds. The van der Waals surface area contributed by atoms with Gasteiger partial charge in [-0.25, -0.2) is 4.57 Å². The number of phosphoric acid groups is 1. The van der Waals surface area contributed by atoms with Gasteiger partial charge in [0, 0.05) is 12.8 Å². The summed E-state index contributed by atoms with van der Waals surface area (Å²) in [4.78, 5) is 35.8. The van der Waals surface area contributed by atoms with Gasteiger partial charge in [0.05, 0.1) is 6.61 Å². The second-order valence-corrected chi connectivity index (χ2v) is 19.9.